The Balaban J connectivity index is 1.72. The van der Waals surface area contributed by atoms with E-state index in [1.807, 2.05) is 0 Å². The summed E-state index contributed by atoms with van der Waals surface area (Å²) in [6, 6.07) is 9.34. The van der Waals surface area contributed by atoms with Crippen molar-refractivity contribution in [1.82, 2.24) is 0 Å². The number of benzene rings is 1. The molecule has 1 heteroatoms. The Labute approximate surface area is 111 Å². The van der Waals surface area contributed by atoms with Crippen LogP contribution in [-0.4, -0.2) is 6.04 Å². The molecule has 0 heterocycles. The number of hydrogen-bond donors (Lipinski definition) is 1. The van der Waals surface area contributed by atoms with Crippen molar-refractivity contribution in [3.05, 3.63) is 35.4 Å². The highest BCUT2D eigenvalue weighted by Crippen LogP contribution is 2.37. The number of rotatable bonds is 3. The Kier molecular flexibility index (Phi) is 3.69. The van der Waals surface area contributed by atoms with Crippen LogP contribution >= 0.6 is 0 Å². The molecule has 1 nitrogen and oxygen atoms in total. The molecule has 0 radical (unpaired) electrons. The van der Waals surface area contributed by atoms with Crippen molar-refractivity contribution in [3.63, 3.8) is 0 Å². The van der Waals surface area contributed by atoms with Crippen LogP contribution in [0.15, 0.2) is 24.3 Å². The van der Waals surface area contributed by atoms with Crippen LogP contribution in [-0.2, 0) is 6.42 Å². The standard InChI is InChI=1S/C17H25N/c18-17(12-13-6-1-2-7-13)16-11-5-9-14-8-3-4-10-15(14)16/h3-4,8,10,13,16-17H,1-2,5-7,9,11-12,18H2. The average Bonchev–Trinajstić information content (AvgIpc) is 2.91. The van der Waals surface area contributed by atoms with E-state index in [2.05, 4.69) is 24.3 Å². The van der Waals surface area contributed by atoms with Crippen LogP contribution in [0.2, 0.25) is 0 Å². The third kappa shape index (κ3) is 2.47. The monoisotopic (exact) mass is 243 g/mol. The van der Waals surface area contributed by atoms with Crippen LogP contribution in [0.5, 0.6) is 0 Å². The Morgan fingerprint density at radius 1 is 1.06 bits per heavy atom. The summed E-state index contributed by atoms with van der Waals surface area (Å²) in [4.78, 5) is 0. The summed E-state index contributed by atoms with van der Waals surface area (Å²) in [6.07, 6.45) is 10.8. The average molecular weight is 243 g/mol. The van der Waals surface area contributed by atoms with Gasteiger partial charge in [0.2, 0.25) is 0 Å². The van der Waals surface area contributed by atoms with E-state index < -0.39 is 0 Å². The molecule has 3 rings (SSSR count). The highest BCUT2D eigenvalue weighted by molar-refractivity contribution is 5.33. The molecule has 2 aliphatic rings. The molecule has 2 unspecified atom stereocenters. The summed E-state index contributed by atoms with van der Waals surface area (Å²) < 4.78 is 0. The van der Waals surface area contributed by atoms with Gasteiger partial charge in [-0.2, -0.15) is 0 Å². The molecule has 0 aliphatic heterocycles. The largest absolute Gasteiger partial charge is 0.327 e. The first kappa shape index (κ1) is 12.2. The summed E-state index contributed by atoms with van der Waals surface area (Å²) in [7, 11) is 0. The van der Waals surface area contributed by atoms with Crippen molar-refractivity contribution in [2.45, 2.75) is 63.3 Å². The molecule has 0 bridgehead atoms. The SMILES string of the molecule is NC(CC1CCCC1)C1CCCc2ccccc21. The quantitative estimate of drug-likeness (QED) is 0.852. The van der Waals surface area contributed by atoms with Crippen LogP contribution < -0.4 is 5.73 Å². The van der Waals surface area contributed by atoms with Crippen LogP contribution in [0.1, 0.15) is 62.0 Å². The van der Waals surface area contributed by atoms with Gasteiger partial charge in [0.1, 0.15) is 0 Å². The summed E-state index contributed by atoms with van der Waals surface area (Å²) in [5.41, 5.74) is 9.64. The van der Waals surface area contributed by atoms with E-state index in [1.54, 1.807) is 11.1 Å². The van der Waals surface area contributed by atoms with E-state index in [1.165, 1.54) is 51.4 Å². The molecule has 2 atom stereocenters. The molecule has 0 spiro atoms. The summed E-state index contributed by atoms with van der Waals surface area (Å²) in [5, 5.41) is 0. The number of nitrogens with two attached hydrogens (primary N) is 1. The van der Waals surface area contributed by atoms with Crippen molar-refractivity contribution in [2.24, 2.45) is 11.7 Å². The van der Waals surface area contributed by atoms with Crippen molar-refractivity contribution in [2.75, 3.05) is 0 Å². The highest BCUT2D eigenvalue weighted by atomic mass is 14.7. The van der Waals surface area contributed by atoms with E-state index in [4.69, 9.17) is 5.73 Å². The van der Waals surface area contributed by atoms with Crippen molar-refractivity contribution in [1.29, 1.82) is 0 Å². The second kappa shape index (κ2) is 5.44. The fourth-order valence-electron chi connectivity index (χ4n) is 4.03. The molecule has 2 aliphatic carbocycles. The van der Waals surface area contributed by atoms with Gasteiger partial charge < -0.3 is 5.73 Å². The van der Waals surface area contributed by atoms with E-state index in [0.29, 0.717) is 12.0 Å². The normalized spacial score (nSPS) is 25.9. The van der Waals surface area contributed by atoms with Crippen molar-refractivity contribution >= 4 is 0 Å². The zero-order valence-electron chi connectivity index (χ0n) is 11.3. The van der Waals surface area contributed by atoms with Crippen LogP contribution in [0.4, 0.5) is 0 Å². The number of fused-ring (bicyclic) bond motifs is 1. The molecule has 1 fully saturated rings. The van der Waals surface area contributed by atoms with E-state index >= 15 is 0 Å². The van der Waals surface area contributed by atoms with Gasteiger partial charge >= 0.3 is 0 Å². The molecule has 0 aromatic heterocycles. The molecule has 2 N–H and O–H groups in total. The van der Waals surface area contributed by atoms with E-state index in [-0.39, 0.29) is 0 Å². The minimum Gasteiger partial charge on any atom is -0.327 e. The third-order valence-electron chi connectivity index (χ3n) is 5.01. The maximum absolute atomic E-state index is 6.54. The summed E-state index contributed by atoms with van der Waals surface area (Å²) >= 11 is 0. The lowest BCUT2D eigenvalue weighted by Crippen LogP contribution is -2.32. The van der Waals surface area contributed by atoms with Gasteiger partial charge in [0.05, 0.1) is 0 Å². The Hall–Kier alpha value is -0.820. The van der Waals surface area contributed by atoms with Crippen LogP contribution in [0.3, 0.4) is 0 Å². The Bertz CT molecular complexity index is 392. The molecule has 0 saturated heterocycles. The third-order valence-corrected chi connectivity index (χ3v) is 5.01. The smallest absolute Gasteiger partial charge is 0.0111 e. The second-order valence-electron chi connectivity index (χ2n) is 6.25. The molecule has 1 aromatic carbocycles. The van der Waals surface area contributed by atoms with Crippen LogP contribution in [0.25, 0.3) is 0 Å². The van der Waals surface area contributed by atoms with Crippen LogP contribution in [0, 0.1) is 5.92 Å². The summed E-state index contributed by atoms with van der Waals surface area (Å²) in [5.74, 6) is 1.53. The minimum absolute atomic E-state index is 0.384. The maximum atomic E-state index is 6.54. The van der Waals surface area contributed by atoms with E-state index in [9.17, 15) is 0 Å². The van der Waals surface area contributed by atoms with Gasteiger partial charge in [-0.3, -0.25) is 0 Å². The molecular formula is C17H25N. The Morgan fingerprint density at radius 3 is 2.67 bits per heavy atom. The van der Waals surface area contributed by atoms with Crippen molar-refractivity contribution in [3.8, 4) is 0 Å². The predicted octanol–water partition coefficient (Wildman–Crippen LogP) is 4.01. The summed E-state index contributed by atoms with van der Waals surface area (Å²) in [6.45, 7) is 0. The lowest BCUT2D eigenvalue weighted by atomic mass is 9.76. The first-order valence-electron chi connectivity index (χ1n) is 7.68. The molecule has 1 aromatic rings. The zero-order valence-corrected chi connectivity index (χ0v) is 11.3. The minimum atomic E-state index is 0.384. The van der Waals surface area contributed by atoms with Gasteiger partial charge in [0, 0.05) is 6.04 Å². The van der Waals surface area contributed by atoms with Gasteiger partial charge in [-0.15, -0.1) is 0 Å². The molecular weight excluding hydrogens is 218 g/mol. The second-order valence-corrected chi connectivity index (χ2v) is 6.25. The first-order valence-corrected chi connectivity index (χ1v) is 7.68. The van der Waals surface area contributed by atoms with Gasteiger partial charge in [0.15, 0.2) is 0 Å². The van der Waals surface area contributed by atoms with Crippen molar-refractivity contribution < 1.29 is 0 Å². The zero-order chi connectivity index (χ0) is 12.4. The molecule has 98 valence electrons. The fraction of sp³-hybridized carbons (Fsp3) is 0.647. The lowest BCUT2D eigenvalue weighted by molar-refractivity contribution is 0.373. The maximum Gasteiger partial charge on any atom is 0.0111 e. The number of aryl methyl sites for hydroxylation is 1. The lowest BCUT2D eigenvalue weighted by Gasteiger charge is -2.31. The molecule has 18 heavy (non-hydrogen) atoms. The van der Waals surface area contributed by atoms with Gasteiger partial charge in [0.25, 0.3) is 0 Å². The van der Waals surface area contributed by atoms with Gasteiger partial charge in [-0.1, -0.05) is 49.9 Å². The first-order chi connectivity index (χ1) is 8.84. The fourth-order valence-corrected chi connectivity index (χ4v) is 4.03. The van der Waals surface area contributed by atoms with Gasteiger partial charge in [-0.05, 0) is 48.6 Å². The molecule has 0 amide bonds. The predicted molar refractivity (Wildman–Crippen MR) is 76.7 cm³/mol. The number of hydrogen-bond acceptors (Lipinski definition) is 1. The molecule has 1 saturated carbocycles. The Morgan fingerprint density at radius 2 is 1.83 bits per heavy atom. The topological polar surface area (TPSA) is 26.0 Å². The van der Waals surface area contributed by atoms with Gasteiger partial charge in [-0.25, -0.2) is 0 Å². The highest BCUT2D eigenvalue weighted by Gasteiger charge is 2.28. The van der Waals surface area contributed by atoms with E-state index in [0.717, 1.165) is 5.92 Å².